The van der Waals surface area contributed by atoms with Crippen molar-refractivity contribution in [2.24, 2.45) is 0 Å². The molecule has 0 aromatic carbocycles. The first kappa shape index (κ1) is 12.1. The molecule has 1 saturated heterocycles. The van der Waals surface area contributed by atoms with E-state index in [4.69, 9.17) is 14.5 Å². The Morgan fingerprint density at radius 2 is 2.21 bits per heavy atom. The second kappa shape index (κ2) is 3.86. The lowest BCUT2D eigenvalue weighted by Crippen LogP contribution is -2.41. The summed E-state index contributed by atoms with van der Waals surface area (Å²) in [6.07, 6.45) is -3.35. The normalized spacial score (nSPS) is 38.9. The fourth-order valence-electron chi connectivity index (χ4n) is 1.03. The summed E-state index contributed by atoms with van der Waals surface area (Å²) < 4.78 is 19.9. The van der Waals surface area contributed by atoms with Gasteiger partial charge in [-0.15, -0.1) is 0 Å². The summed E-state index contributed by atoms with van der Waals surface area (Å²) in [5.41, 5.74) is -1.44. The molecular formula is C6H13O7P. The first-order valence-corrected chi connectivity index (χ1v) is 5.70. The van der Waals surface area contributed by atoms with Gasteiger partial charge in [-0.3, -0.25) is 4.57 Å². The zero-order valence-corrected chi connectivity index (χ0v) is 8.42. The number of rotatable bonds is 3. The van der Waals surface area contributed by atoms with Gasteiger partial charge in [0.25, 0.3) is 0 Å². The molecule has 1 fully saturated rings. The largest absolute Gasteiger partial charge is 0.385 e. The Morgan fingerprint density at radius 1 is 1.64 bits per heavy atom. The van der Waals surface area contributed by atoms with Crippen LogP contribution in [0.5, 0.6) is 0 Å². The lowest BCUT2D eigenvalue weighted by Gasteiger charge is -2.21. The Hall–Kier alpha value is -0.0100. The average Bonchev–Trinajstić information content (AvgIpc) is 2.24. The van der Waals surface area contributed by atoms with Crippen molar-refractivity contribution in [1.29, 1.82) is 0 Å². The van der Waals surface area contributed by atoms with Crippen molar-refractivity contribution in [2.45, 2.75) is 24.9 Å². The Balaban J connectivity index is 2.45. The maximum atomic E-state index is 10.4. The summed E-state index contributed by atoms with van der Waals surface area (Å²) >= 11 is 0. The third-order valence-electron chi connectivity index (χ3n) is 1.84. The number of aliphatic hydroxyl groups excluding tert-OH is 1. The third-order valence-corrected chi connectivity index (χ3v) is 2.33. The summed E-state index contributed by atoms with van der Waals surface area (Å²) in [5, 5.41) is 18.8. The van der Waals surface area contributed by atoms with Crippen LogP contribution in [0.2, 0.25) is 0 Å². The molecule has 1 heterocycles. The van der Waals surface area contributed by atoms with Crippen LogP contribution >= 0.6 is 7.60 Å². The zero-order valence-electron chi connectivity index (χ0n) is 7.53. The van der Waals surface area contributed by atoms with Crippen molar-refractivity contribution >= 4 is 7.60 Å². The topological polar surface area (TPSA) is 116 Å². The highest BCUT2D eigenvalue weighted by molar-refractivity contribution is 7.51. The van der Waals surface area contributed by atoms with E-state index in [0.717, 1.165) is 0 Å². The van der Waals surface area contributed by atoms with Gasteiger partial charge in [-0.25, -0.2) is 0 Å². The van der Waals surface area contributed by atoms with E-state index in [9.17, 15) is 14.8 Å². The second-order valence-electron chi connectivity index (χ2n) is 3.44. The Kier molecular flexibility index (Phi) is 3.33. The van der Waals surface area contributed by atoms with Crippen LogP contribution in [0.4, 0.5) is 0 Å². The summed E-state index contributed by atoms with van der Waals surface area (Å²) in [6, 6.07) is 0. The smallest absolute Gasteiger partial charge is 0.351 e. The van der Waals surface area contributed by atoms with Crippen LogP contribution in [0, 0.1) is 0 Å². The van der Waals surface area contributed by atoms with Gasteiger partial charge >= 0.3 is 7.60 Å². The molecule has 7 nitrogen and oxygen atoms in total. The molecule has 14 heavy (non-hydrogen) atoms. The maximum absolute atomic E-state index is 10.4. The van der Waals surface area contributed by atoms with Crippen molar-refractivity contribution in [1.82, 2.24) is 0 Å². The molecule has 1 aliphatic rings. The van der Waals surface area contributed by atoms with Crippen LogP contribution in [0.3, 0.4) is 0 Å². The molecule has 1 aliphatic heterocycles. The van der Waals surface area contributed by atoms with E-state index < -0.39 is 31.9 Å². The maximum Gasteiger partial charge on any atom is 0.351 e. The minimum Gasteiger partial charge on any atom is -0.385 e. The number of aliphatic hydroxyl groups is 2. The Morgan fingerprint density at radius 3 is 2.57 bits per heavy atom. The van der Waals surface area contributed by atoms with E-state index >= 15 is 0 Å². The molecule has 84 valence electrons. The molecule has 0 radical (unpaired) electrons. The molecule has 0 bridgehead atoms. The van der Waals surface area contributed by atoms with Gasteiger partial charge in [-0.2, -0.15) is 0 Å². The number of hydrogen-bond donors (Lipinski definition) is 4. The van der Waals surface area contributed by atoms with E-state index in [2.05, 4.69) is 4.74 Å². The molecular weight excluding hydrogens is 215 g/mol. The molecule has 0 saturated carbocycles. The SMILES string of the molecule is C[C@]1(O)CO[C@H](OCP(=O)(O)O)C1O. The molecule has 3 atom stereocenters. The Labute approximate surface area is 80.4 Å². The number of ether oxygens (including phenoxy) is 2. The minimum absolute atomic E-state index is 0.139. The van der Waals surface area contributed by atoms with Crippen LogP contribution in [0.15, 0.2) is 0 Å². The van der Waals surface area contributed by atoms with Crippen LogP contribution in [0.25, 0.3) is 0 Å². The molecule has 0 aliphatic carbocycles. The standard InChI is InChI=1S/C6H13O7P/c1-6(8)2-12-5(4(6)7)13-3-14(9,10)11/h4-5,7-8H,2-3H2,1H3,(H2,9,10,11)/t4?,5-,6+/m1/s1. The summed E-state index contributed by atoms with van der Waals surface area (Å²) in [6.45, 7) is 1.21. The highest BCUT2D eigenvalue weighted by atomic mass is 31.2. The minimum atomic E-state index is -4.28. The van der Waals surface area contributed by atoms with Crippen LogP contribution in [-0.4, -0.2) is 50.9 Å². The van der Waals surface area contributed by atoms with Gasteiger partial charge < -0.3 is 29.5 Å². The first-order chi connectivity index (χ1) is 6.22. The molecule has 0 aromatic heterocycles. The monoisotopic (exact) mass is 228 g/mol. The van der Waals surface area contributed by atoms with Crippen molar-refractivity contribution < 1.29 is 34.0 Å². The quantitative estimate of drug-likeness (QED) is 0.439. The molecule has 8 heteroatoms. The predicted octanol–water partition coefficient (Wildman–Crippen LogP) is -1.39. The van der Waals surface area contributed by atoms with Crippen LogP contribution in [-0.2, 0) is 14.0 Å². The van der Waals surface area contributed by atoms with E-state index in [0.29, 0.717) is 0 Å². The van der Waals surface area contributed by atoms with Crippen molar-refractivity contribution in [3.63, 3.8) is 0 Å². The van der Waals surface area contributed by atoms with Gasteiger partial charge in [0.1, 0.15) is 11.7 Å². The summed E-state index contributed by atoms with van der Waals surface area (Å²) in [7, 11) is -4.28. The van der Waals surface area contributed by atoms with E-state index in [1.54, 1.807) is 0 Å². The van der Waals surface area contributed by atoms with Crippen molar-refractivity contribution in [3.8, 4) is 0 Å². The molecule has 1 unspecified atom stereocenters. The van der Waals surface area contributed by atoms with Gasteiger partial charge in [0.15, 0.2) is 12.6 Å². The van der Waals surface area contributed by atoms with E-state index in [-0.39, 0.29) is 6.61 Å². The van der Waals surface area contributed by atoms with Crippen molar-refractivity contribution in [2.75, 3.05) is 13.0 Å². The van der Waals surface area contributed by atoms with Crippen molar-refractivity contribution in [3.05, 3.63) is 0 Å². The summed E-state index contributed by atoms with van der Waals surface area (Å²) in [4.78, 5) is 17.0. The van der Waals surface area contributed by atoms with E-state index in [1.807, 2.05) is 0 Å². The van der Waals surface area contributed by atoms with Gasteiger partial charge in [-0.05, 0) is 6.92 Å². The second-order valence-corrected chi connectivity index (χ2v) is 5.03. The number of hydrogen-bond acceptors (Lipinski definition) is 5. The molecule has 4 N–H and O–H groups in total. The average molecular weight is 228 g/mol. The Bertz CT molecular complexity index is 247. The van der Waals surface area contributed by atoms with Gasteiger partial charge in [-0.1, -0.05) is 0 Å². The molecule has 1 rings (SSSR count). The van der Waals surface area contributed by atoms with Gasteiger partial charge in [0.2, 0.25) is 0 Å². The fraction of sp³-hybridized carbons (Fsp3) is 1.00. The highest BCUT2D eigenvalue weighted by Gasteiger charge is 2.45. The van der Waals surface area contributed by atoms with Gasteiger partial charge in [0, 0.05) is 0 Å². The first-order valence-electron chi connectivity index (χ1n) is 3.90. The molecule has 0 spiro atoms. The lowest BCUT2D eigenvalue weighted by molar-refractivity contribution is -0.148. The van der Waals surface area contributed by atoms with Gasteiger partial charge in [0.05, 0.1) is 6.61 Å². The third kappa shape index (κ3) is 2.99. The predicted molar refractivity (Wildman–Crippen MR) is 44.4 cm³/mol. The highest BCUT2D eigenvalue weighted by Crippen LogP contribution is 2.36. The van der Waals surface area contributed by atoms with E-state index in [1.165, 1.54) is 6.92 Å². The zero-order chi connectivity index (χ0) is 11.0. The van der Waals surface area contributed by atoms with Crippen LogP contribution < -0.4 is 0 Å². The summed E-state index contributed by atoms with van der Waals surface area (Å²) in [5.74, 6) is 0. The molecule has 0 aromatic rings. The van der Waals surface area contributed by atoms with Crippen LogP contribution in [0.1, 0.15) is 6.92 Å². The molecule has 0 amide bonds. The lowest BCUT2D eigenvalue weighted by atomic mass is 10.0. The fourth-order valence-corrected chi connectivity index (χ4v) is 1.37.